The highest BCUT2D eigenvalue weighted by Crippen LogP contribution is 2.42. The number of nitrogens with two attached hydrogens (primary N) is 1. The second kappa shape index (κ2) is 18.1. The zero-order chi connectivity index (χ0) is 23.3. The van der Waals surface area contributed by atoms with Crippen LogP contribution in [0.15, 0.2) is 24.4 Å². The Labute approximate surface area is 226 Å². The molecule has 1 saturated carbocycles. The van der Waals surface area contributed by atoms with Crippen molar-refractivity contribution in [2.24, 2.45) is 11.7 Å². The molecule has 1 unspecified atom stereocenters. The highest BCUT2D eigenvalue weighted by Gasteiger charge is 2.27. The molecule has 0 bridgehead atoms. The topological polar surface area (TPSA) is 47.3 Å². The van der Waals surface area contributed by atoms with Gasteiger partial charge in [-0.1, -0.05) is 64.4 Å². The number of fused-ring (bicyclic) bond motifs is 1. The molecule has 6 heteroatoms. The Hall–Kier alpha value is -1.25. The minimum Gasteiger partial charge on any atom is -0.347 e. The van der Waals surface area contributed by atoms with E-state index in [2.05, 4.69) is 40.0 Å². The molecule has 1 aromatic heterocycles. The Morgan fingerprint density at radius 2 is 1.77 bits per heavy atom. The summed E-state index contributed by atoms with van der Waals surface area (Å²) in [7, 11) is 0. The minimum absolute atomic E-state index is 0. The fraction of sp³-hybridized carbons (Fsp3) is 0.690. The Morgan fingerprint density at radius 3 is 2.49 bits per heavy atom. The number of halogens is 2. The van der Waals surface area contributed by atoms with Crippen molar-refractivity contribution >= 4 is 41.4 Å². The van der Waals surface area contributed by atoms with E-state index in [1.807, 2.05) is 6.07 Å². The summed E-state index contributed by atoms with van der Waals surface area (Å²) in [6, 6.07) is 6.36. The first-order chi connectivity index (χ1) is 16.3. The van der Waals surface area contributed by atoms with Crippen LogP contribution >= 0.6 is 24.8 Å². The number of nitrogens with one attached hydrogen (secondary N) is 1. The molecule has 35 heavy (non-hydrogen) atoms. The Kier molecular flexibility index (Phi) is 16.4. The van der Waals surface area contributed by atoms with Gasteiger partial charge in [-0.3, -0.25) is 0 Å². The van der Waals surface area contributed by atoms with Gasteiger partial charge in [-0.05, 0) is 86.7 Å². The van der Waals surface area contributed by atoms with Gasteiger partial charge in [-0.15, -0.1) is 24.8 Å². The average molecular weight is 524 g/mol. The molecule has 1 heterocycles. The molecule has 1 aromatic carbocycles. The minimum atomic E-state index is 0. The molecule has 3 rings (SSSR count). The zero-order valence-corrected chi connectivity index (χ0v) is 23.4. The predicted molar refractivity (Wildman–Crippen MR) is 157 cm³/mol. The number of benzene rings is 1. The normalized spacial score (nSPS) is 14.8. The van der Waals surface area contributed by atoms with Crippen molar-refractivity contribution in [3.63, 3.8) is 0 Å². The SMILES string of the molecule is Cl.Cl.[C-]#[N+]c1ccc2c(c1)c(C(CCNCCCN)C1CCCCC1)cn2CCCCCCCC. The van der Waals surface area contributed by atoms with Crippen molar-refractivity contribution in [2.75, 3.05) is 19.6 Å². The van der Waals surface area contributed by atoms with E-state index in [-0.39, 0.29) is 24.8 Å². The summed E-state index contributed by atoms with van der Waals surface area (Å²) in [5.41, 5.74) is 9.26. The molecule has 0 aliphatic heterocycles. The highest BCUT2D eigenvalue weighted by atomic mass is 35.5. The van der Waals surface area contributed by atoms with E-state index in [9.17, 15) is 0 Å². The van der Waals surface area contributed by atoms with Crippen LogP contribution in [-0.2, 0) is 6.54 Å². The van der Waals surface area contributed by atoms with E-state index >= 15 is 0 Å². The highest BCUT2D eigenvalue weighted by molar-refractivity contribution is 5.88. The Balaban J connectivity index is 0.00000306. The third-order valence-electron chi connectivity index (χ3n) is 7.59. The molecule has 0 radical (unpaired) electrons. The molecule has 0 saturated heterocycles. The maximum absolute atomic E-state index is 7.56. The molecule has 3 N–H and O–H groups in total. The smallest absolute Gasteiger partial charge is 0.187 e. The van der Waals surface area contributed by atoms with E-state index in [1.54, 1.807) is 0 Å². The summed E-state index contributed by atoms with van der Waals surface area (Å²) in [6.45, 7) is 13.7. The molecule has 4 nitrogen and oxygen atoms in total. The van der Waals surface area contributed by atoms with Gasteiger partial charge in [0.05, 0.1) is 6.57 Å². The average Bonchev–Trinajstić information content (AvgIpc) is 3.21. The second-order valence-electron chi connectivity index (χ2n) is 10.0. The summed E-state index contributed by atoms with van der Waals surface area (Å²) in [5, 5.41) is 4.95. The number of nitrogens with zero attached hydrogens (tertiary/aromatic N) is 2. The Morgan fingerprint density at radius 1 is 1.03 bits per heavy atom. The van der Waals surface area contributed by atoms with Crippen LogP contribution in [0.2, 0.25) is 0 Å². The van der Waals surface area contributed by atoms with E-state index in [1.165, 1.54) is 93.5 Å². The predicted octanol–water partition coefficient (Wildman–Crippen LogP) is 8.39. The van der Waals surface area contributed by atoms with Gasteiger partial charge in [-0.2, -0.15) is 0 Å². The molecule has 2 aromatic rings. The standard InChI is InChI=1S/C29H46N4.2ClH/c1-3-4-5-6-7-11-21-33-23-28(27-22-25(31-2)15-16-29(27)33)26(17-20-32-19-12-18-30)24-13-9-8-10-14-24;;/h15-16,22-24,26,32H,3-14,17-21,30H2,1H3;2*1H. The van der Waals surface area contributed by atoms with E-state index in [0.717, 1.165) is 44.2 Å². The van der Waals surface area contributed by atoms with Crippen LogP contribution in [0.25, 0.3) is 15.7 Å². The van der Waals surface area contributed by atoms with Crippen molar-refractivity contribution in [1.29, 1.82) is 0 Å². The lowest BCUT2D eigenvalue weighted by atomic mass is 9.75. The zero-order valence-electron chi connectivity index (χ0n) is 21.8. The van der Waals surface area contributed by atoms with Crippen molar-refractivity contribution in [2.45, 2.75) is 103 Å². The van der Waals surface area contributed by atoms with Crippen molar-refractivity contribution in [3.8, 4) is 0 Å². The monoisotopic (exact) mass is 522 g/mol. The van der Waals surface area contributed by atoms with Gasteiger partial charge < -0.3 is 15.6 Å². The number of aryl methyl sites for hydroxylation is 1. The molecule has 1 fully saturated rings. The molecular weight excluding hydrogens is 475 g/mol. The first-order valence-corrected chi connectivity index (χ1v) is 13.7. The summed E-state index contributed by atoms with van der Waals surface area (Å²) in [5.74, 6) is 1.34. The van der Waals surface area contributed by atoms with E-state index in [0.29, 0.717) is 5.92 Å². The lowest BCUT2D eigenvalue weighted by molar-refractivity contribution is 0.293. The van der Waals surface area contributed by atoms with E-state index < -0.39 is 0 Å². The summed E-state index contributed by atoms with van der Waals surface area (Å²) < 4.78 is 2.50. The molecule has 1 aliphatic carbocycles. The molecule has 0 amide bonds. The number of hydrogen-bond acceptors (Lipinski definition) is 2. The first kappa shape index (κ1) is 31.8. The van der Waals surface area contributed by atoms with Crippen molar-refractivity contribution in [1.82, 2.24) is 9.88 Å². The number of aromatic nitrogens is 1. The fourth-order valence-corrected chi connectivity index (χ4v) is 5.72. The fourth-order valence-electron chi connectivity index (χ4n) is 5.72. The van der Waals surface area contributed by atoms with Crippen LogP contribution in [0.4, 0.5) is 5.69 Å². The van der Waals surface area contributed by atoms with Crippen molar-refractivity contribution < 1.29 is 0 Å². The molecule has 1 aliphatic rings. The van der Waals surface area contributed by atoms with Gasteiger partial charge in [0.2, 0.25) is 0 Å². The van der Waals surface area contributed by atoms with Crippen LogP contribution in [0.3, 0.4) is 0 Å². The number of rotatable bonds is 15. The third kappa shape index (κ3) is 9.62. The molecular formula is C29H48Cl2N4. The second-order valence-corrected chi connectivity index (χ2v) is 10.0. The third-order valence-corrected chi connectivity index (χ3v) is 7.59. The van der Waals surface area contributed by atoms with Gasteiger partial charge in [0.1, 0.15) is 0 Å². The lowest BCUT2D eigenvalue weighted by Gasteiger charge is -2.30. The van der Waals surface area contributed by atoms with Crippen LogP contribution in [0.5, 0.6) is 0 Å². The summed E-state index contributed by atoms with van der Waals surface area (Å²) >= 11 is 0. The van der Waals surface area contributed by atoms with Gasteiger partial charge in [0.15, 0.2) is 5.69 Å². The van der Waals surface area contributed by atoms with Gasteiger partial charge in [0.25, 0.3) is 0 Å². The lowest BCUT2D eigenvalue weighted by Crippen LogP contribution is -2.24. The summed E-state index contributed by atoms with van der Waals surface area (Å²) in [4.78, 5) is 3.76. The molecule has 1 atom stereocenters. The molecule has 0 spiro atoms. The Bertz CT molecular complexity index is 867. The maximum atomic E-state index is 7.56. The summed E-state index contributed by atoms with van der Waals surface area (Å²) in [6.07, 6.45) is 19.4. The quantitative estimate of drug-likeness (QED) is 0.182. The van der Waals surface area contributed by atoms with Crippen LogP contribution in [-0.4, -0.2) is 24.2 Å². The van der Waals surface area contributed by atoms with Gasteiger partial charge >= 0.3 is 0 Å². The molecule has 198 valence electrons. The number of unbranched alkanes of at least 4 members (excludes halogenated alkanes) is 5. The van der Waals surface area contributed by atoms with E-state index in [4.69, 9.17) is 12.3 Å². The van der Waals surface area contributed by atoms with Crippen LogP contribution in [0, 0.1) is 12.5 Å². The maximum Gasteiger partial charge on any atom is 0.187 e. The van der Waals surface area contributed by atoms with Gasteiger partial charge in [-0.25, -0.2) is 4.85 Å². The van der Waals surface area contributed by atoms with Crippen LogP contribution in [0.1, 0.15) is 102 Å². The largest absolute Gasteiger partial charge is 0.347 e. The van der Waals surface area contributed by atoms with Crippen LogP contribution < -0.4 is 11.1 Å². The number of hydrogen-bond donors (Lipinski definition) is 2. The van der Waals surface area contributed by atoms with Gasteiger partial charge in [0, 0.05) is 18.3 Å². The first-order valence-electron chi connectivity index (χ1n) is 13.7. The van der Waals surface area contributed by atoms with Crippen molar-refractivity contribution in [3.05, 3.63) is 41.4 Å².